The van der Waals surface area contributed by atoms with Crippen LogP contribution in [0.5, 0.6) is 5.75 Å². The average molecular weight is 437 g/mol. The summed E-state index contributed by atoms with van der Waals surface area (Å²) in [6, 6.07) is 22.8. The molecule has 1 heterocycles. The molecule has 0 aromatic heterocycles. The largest absolute Gasteiger partial charge is 0.497 e. The van der Waals surface area contributed by atoms with Crippen LogP contribution in [0.2, 0.25) is 0 Å². The SMILES string of the molecule is COc1ccc([C@@H]2N(C(=O)c3ccccc3)CCN2S(=O)(=O)c2ccc(C)cc2)cc1. The predicted octanol–water partition coefficient (Wildman–Crippen LogP) is 3.85. The molecule has 0 aliphatic carbocycles. The van der Waals surface area contributed by atoms with E-state index in [-0.39, 0.29) is 17.3 Å². The number of carbonyl (C=O) groups is 1. The lowest BCUT2D eigenvalue weighted by atomic mass is 10.1. The molecule has 1 fully saturated rings. The molecular formula is C24H24N2O4S. The molecule has 7 heteroatoms. The second-order valence-corrected chi connectivity index (χ2v) is 9.33. The highest BCUT2D eigenvalue weighted by atomic mass is 32.2. The fourth-order valence-corrected chi connectivity index (χ4v) is 5.36. The molecule has 0 radical (unpaired) electrons. The monoisotopic (exact) mass is 436 g/mol. The van der Waals surface area contributed by atoms with Gasteiger partial charge in [-0.1, -0.05) is 48.0 Å². The van der Waals surface area contributed by atoms with Gasteiger partial charge in [-0.2, -0.15) is 4.31 Å². The second-order valence-electron chi connectivity index (χ2n) is 7.44. The fourth-order valence-electron chi connectivity index (χ4n) is 3.79. The van der Waals surface area contributed by atoms with Crippen molar-refractivity contribution in [2.45, 2.75) is 18.0 Å². The van der Waals surface area contributed by atoms with Gasteiger partial charge in [0.25, 0.3) is 5.91 Å². The van der Waals surface area contributed by atoms with E-state index >= 15 is 0 Å². The molecule has 1 aliphatic heterocycles. The van der Waals surface area contributed by atoms with Gasteiger partial charge < -0.3 is 9.64 Å². The predicted molar refractivity (Wildman–Crippen MR) is 118 cm³/mol. The molecule has 160 valence electrons. The van der Waals surface area contributed by atoms with Crippen LogP contribution in [0, 0.1) is 6.92 Å². The second kappa shape index (κ2) is 8.53. The summed E-state index contributed by atoms with van der Waals surface area (Å²) in [5.41, 5.74) is 2.21. The van der Waals surface area contributed by atoms with Crippen LogP contribution in [0.1, 0.15) is 27.7 Å². The summed E-state index contributed by atoms with van der Waals surface area (Å²) in [7, 11) is -2.24. The van der Waals surface area contributed by atoms with Gasteiger partial charge in [-0.05, 0) is 48.9 Å². The van der Waals surface area contributed by atoms with E-state index in [1.165, 1.54) is 4.31 Å². The van der Waals surface area contributed by atoms with Gasteiger partial charge in [0.05, 0.1) is 12.0 Å². The number of ether oxygens (including phenoxy) is 1. The number of sulfonamides is 1. The number of aryl methyl sites for hydroxylation is 1. The minimum atomic E-state index is -3.81. The molecule has 0 unspecified atom stereocenters. The van der Waals surface area contributed by atoms with Crippen LogP contribution in [0.25, 0.3) is 0 Å². The molecule has 1 atom stereocenters. The lowest BCUT2D eigenvalue weighted by molar-refractivity contribution is 0.0693. The van der Waals surface area contributed by atoms with Crippen molar-refractivity contribution in [3.8, 4) is 5.75 Å². The summed E-state index contributed by atoms with van der Waals surface area (Å²) in [6.07, 6.45) is -0.745. The van der Waals surface area contributed by atoms with E-state index in [4.69, 9.17) is 4.74 Å². The zero-order valence-electron chi connectivity index (χ0n) is 17.4. The van der Waals surface area contributed by atoms with E-state index in [0.29, 0.717) is 23.4 Å². The van der Waals surface area contributed by atoms with Gasteiger partial charge in [-0.3, -0.25) is 4.79 Å². The Labute approximate surface area is 182 Å². The maximum atomic E-state index is 13.5. The van der Waals surface area contributed by atoms with Crippen molar-refractivity contribution in [2.75, 3.05) is 20.2 Å². The molecule has 6 nitrogen and oxygen atoms in total. The van der Waals surface area contributed by atoms with Gasteiger partial charge in [-0.25, -0.2) is 8.42 Å². The standard InChI is InChI=1S/C24H24N2O4S/c1-18-8-14-22(15-9-18)31(28,29)26-17-16-25(24(27)20-6-4-3-5-7-20)23(26)19-10-12-21(30-2)13-11-19/h3-15,23H,16-17H2,1-2H3/t23-/m1/s1. The first kappa shape index (κ1) is 21.1. The topological polar surface area (TPSA) is 66.9 Å². The normalized spacial score (nSPS) is 17.0. The van der Waals surface area contributed by atoms with E-state index in [2.05, 4.69) is 0 Å². The van der Waals surface area contributed by atoms with Crippen molar-refractivity contribution in [1.82, 2.24) is 9.21 Å². The van der Waals surface area contributed by atoms with E-state index in [1.54, 1.807) is 84.8 Å². The van der Waals surface area contributed by atoms with Gasteiger partial charge >= 0.3 is 0 Å². The summed E-state index contributed by atoms with van der Waals surface area (Å²) in [5.74, 6) is 0.457. The maximum Gasteiger partial charge on any atom is 0.255 e. The van der Waals surface area contributed by atoms with Crippen molar-refractivity contribution >= 4 is 15.9 Å². The number of nitrogens with zero attached hydrogens (tertiary/aromatic N) is 2. The smallest absolute Gasteiger partial charge is 0.255 e. The Kier molecular flexibility index (Phi) is 5.80. The van der Waals surface area contributed by atoms with Crippen molar-refractivity contribution in [3.63, 3.8) is 0 Å². The number of benzene rings is 3. The Morgan fingerprint density at radius 3 is 2.16 bits per heavy atom. The Hall–Kier alpha value is -3.16. The summed E-state index contributed by atoms with van der Waals surface area (Å²) in [5, 5.41) is 0. The minimum absolute atomic E-state index is 0.206. The van der Waals surface area contributed by atoms with Crippen LogP contribution in [0.4, 0.5) is 0 Å². The Bertz CT molecular complexity index is 1160. The first-order chi connectivity index (χ1) is 14.9. The van der Waals surface area contributed by atoms with Gasteiger partial charge in [0.1, 0.15) is 11.9 Å². The molecule has 3 aromatic rings. The molecule has 31 heavy (non-hydrogen) atoms. The number of hydrogen-bond donors (Lipinski definition) is 0. The van der Waals surface area contributed by atoms with E-state index in [0.717, 1.165) is 5.56 Å². The van der Waals surface area contributed by atoms with Crippen LogP contribution < -0.4 is 4.74 Å². The van der Waals surface area contributed by atoms with Crippen molar-refractivity contribution < 1.29 is 17.9 Å². The molecule has 0 saturated carbocycles. The number of carbonyl (C=O) groups excluding carboxylic acids is 1. The summed E-state index contributed by atoms with van der Waals surface area (Å²) >= 11 is 0. The molecular weight excluding hydrogens is 412 g/mol. The zero-order valence-corrected chi connectivity index (χ0v) is 18.2. The van der Waals surface area contributed by atoms with Crippen LogP contribution in [-0.2, 0) is 10.0 Å². The molecule has 0 bridgehead atoms. The summed E-state index contributed by atoms with van der Waals surface area (Å²) in [4.78, 5) is 15.1. The third-order valence-corrected chi connectivity index (χ3v) is 7.32. The molecule has 0 N–H and O–H groups in total. The van der Waals surface area contributed by atoms with E-state index in [9.17, 15) is 13.2 Å². The highest BCUT2D eigenvalue weighted by molar-refractivity contribution is 7.89. The fraction of sp³-hybridized carbons (Fsp3) is 0.208. The van der Waals surface area contributed by atoms with Crippen molar-refractivity contribution in [1.29, 1.82) is 0 Å². The summed E-state index contributed by atoms with van der Waals surface area (Å²) in [6.45, 7) is 2.42. The van der Waals surface area contributed by atoms with Crippen molar-refractivity contribution in [3.05, 3.63) is 95.6 Å². The molecule has 4 rings (SSSR count). The molecule has 3 aromatic carbocycles. The van der Waals surface area contributed by atoms with Gasteiger partial charge in [0, 0.05) is 18.7 Å². The van der Waals surface area contributed by atoms with Crippen molar-refractivity contribution in [2.24, 2.45) is 0 Å². The molecule has 1 aliphatic rings. The Morgan fingerprint density at radius 2 is 1.55 bits per heavy atom. The highest BCUT2D eigenvalue weighted by Gasteiger charge is 2.43. The van der Waals surface area contributed by atoms with Crippen LogP contribution in [0.15, 0.2) is 83.8 Å². The Morgan fingerprint density at radius 1 is 0.903 bits per heavy atom. The van der Waals surface area contributed by atoms with Gasteiger partial charge in [-0.15, -0.1) is 0 Å². The van der Waals surface area contributed by atoms with Gasteiger partial charge in [0.15, 0.2) is 0 Å². The third-order valence-electron chi connectivity index (χ3n) is 5.45. The van der Waals surface area contributed by atoms with Gasteiger partial charge in [0.2, 0.25) is 10.0 Å². The van der Waals surface area contributed by atoms with Crippen LogP contribution >= 0.6 is 0 Å². The third kappa shape index (κ3) is 4.06. The molecule has 0 spiro atoms. The molecule has 1 amide bonds. The van der Waals surface area contributed by atoms with E-state index in [1.807, 2.05) is 13.0 Å². The number of hydrogen-bond acceptors (Lipinski definition) is 4. The number of rotatable bonds is 5. The first-order valence-corrected chi connectivity index (χ1v) is 11.4. The zero-order chi connectivity index (χ0) is 22.0. The first-order valence-electron chi connectivity index (χ1n) is 10.0. The number of amides is 1. The highest BCUT2D eigenvalue weighted by Crippen LogP contribution is 2.36. The minimum Gasteiger partial charge on any atom is -0.497 e. The summed E-state index contributed by atoms with van der Waals surface area (Å²) < 4.78 is 33.7. The van der Waals surface area contributed by atoms with E-state index < -0.39 is 16.2 Å². The van der Waals surface area contributed by atoms with Crippen LogP contribution in [0.3, 0.4) is 0 Å². The lowest BCUT2D eigenvalue weighted by Crippen LogP contribution is -2.38. The Balaban J connectivity index is 1.77. The lowest BCUT2D eigenvalue weighted by Gasteiger charge is -2.30. The molecule has 1 saturated heterocycles. The van der Waals surface area contributed by atoms with Crippen LogP contribution in [-0.4, -0.2) is 43.7 Å². The number of methoxy groups -OCH3 is 1. The maximum absolute atomic E-state index is 13.5. The quantitative estimate of drug-likeness (QED) is 0.609. The average Bonchev–Trinajstić information content (AvgIpc) is 3.25.